The van der Waals surface area contributed by atoms with Gasteiger partial charge in [0.25, 0.3) is 0 Å². The van der Waals surface area contributed by atoms with Gasteiger partial charge in [0, 0.05) is 31.0 Å². The van der Waals surface area contributed by atoms with E-state index in [2.05, 4.69) is 17.1 Å². The molecule has 0 aromatic carbocycles. The third-order valence-electron chi connectivity index (χ3n) is 5.75. The first kappa shape index (κ1) is 20.9. The number of amides is 1. The standard InChI is InChI=1S/C22H33N5O3/c1-16-8-9-18(25(14-16)21(28)30-22(2,3)4)17-13-24-26(15-17)19-10-11-23-27(19)20-7-5-6-12-29-20/h10-11,13,15-16,18,20H,5-9,12,14H2,1-4H3/t16-,18+,20?/m1/s1. The van der Waals surface area contributed by atoms with Crippen molar-refractivity contribution in [3.05, 3.63) is 30.2 Å². The first-order valence-corrected chi connectivity index (χ1v) is 11.0. The first-order valence-electron chi connectivity index (χ1n) is 11.0. The quantitative estimate of drug-likeness (QED) is 0.739. The Morgan fingerprint density at radius 3 is 2.77 bits per heavy atom. The molecule has 0 bridgehead atoms. The molecule has 2 aliphatic heterocycles. The Kier molecular flexibility index (Phi) is 5.86. The zero-order valence-corrected chi connectivity index (χ0v) is 18.5. The summed E-state index contributed by atoms with van der Waals surface area (Å²) in [6, 6.07) is 1.91. The average molecular weight is 416 g/mol. The maximum absolute atomic E-state index is 12.9. The first-order chi connectivity index (χ1) is 14.3. The second-order valence-electron chi connectivity index (χ2n) is 9.50. The number of hydrogen-bond acceptors (Lipinski definition) is 5. The third kappa shape index (κ3) is 4.53. The molecular formula is C22H33N5O3. The number of aromatic nitrogens is 4. The van der Waals surface area contributed by atoms with Crippen LogP contribution in [0.4, 0.5) is 4.79 Å². The number of carbonyl (C=O) groups excluding carboxylic acids is 1. The van der Waals surface area contributed by atoms with Crippen molar-refractivity contribution in [1.29, 1.82) is 0 Å². The summed E-state index contributed by atoms with van der Waals surface area (Å²) in [6.45, 7) is 9.34. The van der Waals surface area contributed by atoms with Crippen molar-refractivity contribution in [1.82, 2.24) is 24.5 Å². The number of likely N-dealkylation sites (tertiary alicyclic amines) is 1. The van der Waals surface area contributed by atoms with E-state index in [9.17, 15) is 4.79 Å². The van der Waals surface area contributed by atoms with Crippen LogP contribution in [0.1, 0.15) is 77.6 Å². The molecule has 2 fully saturated rings. The lowest BCUT2D eigenvalue weighted by Crippen LogP contribution is -2.44. The van der Waals surface area contributed by atoms with Crippen LogP contribution in [0.25, 0.3) is 5.82 Å². The SMILES string of the molecule is C[C@@H]1CC[C@@H](c2cnn(-c3ccnn3C3CCCCO3)c2)N(C(=O)OC(C)(C)C)C1. The van der Waals surface area contributed by atoms with Gasteiger partial charge in [0.1, 0.15) is 5.60 Å². The van der Waals surface area contributed by atoms with Gasteiger partial charge in [0.05, 0.1) is 18.4 Å². The molecule has 30 heavy (non-hydrogen) atoms. The van der Waals surface area contributed by atoms with Gasteiger partial charge < -0.3 is 14.4 Å². The smallest absolute Gasteiger partial charge is 0.410 e. The average Bonchev–Trinajstić information content (AvgIpc) is 3.36. The van der Waals surface area contributed by atoms with Gasteiger partial charge in [-0.25, -0.2) is 14.2 Å². The van der Waals surface area contributed by atoms with Gasteiger partial charge in [-0.3, -0.25) is 0 Å². The number of hydrogen-bond donors (Lipinski definition) is 0. The van der Waals surface area contributed by atoms with Gasteiger partial charge in [-0.05, 0) is 58.8 Å². The molecule has 164 valence electrons. The molecule has 4 heterocycles. The van der Waals surface area contributed by atoms with Gasteiger partial charge in [-0.1, -0.05) is 6.92 Å². The molecule has 0 aliphatic carbocycles. The van der Waals surface area contributed by atoms with E-state index in [1.165, 1.54) is 0 Å². The fraction of sp³-hybridized carbons (Fsp3) is 0.682. The van der Waals surface area contributed by atoms with E-state index in [-0.39, 0.29) is 18.4 Å². The molecule has 1 amide bonds. The fourth-order valence-corrected chi connectivity index (χ4v) is 4.28. The molecule has 4 rings (SSSR count). The largest absolute Gasteiger partial charge is 0.444 e. The van der Waals surface area contributed by atoms with Crippen molar-refractivity contribution in [3.8, 4) is 5.82 Å². The second kappa shape index (κ2) is 8.41. The lowest BCUT2D eigenvalue weighted by molar-refractivity contribution is -0.0396. The molecule has 0 spiro atoms. The van der Waals surface area contributed by atoms with Crippen LogP contribution >= 0.6 is 0 Å². The molecule has 0 radical (unpaired) electrons. The van der Waals surface area contributed by atoms with Crippen LogP contribution in [0.5, 0.6) is 0 Å². The molecular weight excluding hydrogens is 382 g/mol. The van der Waals surface area contributed by atoms with Crippen LogP contribution in [0, 0.1) is 5.92 Å². The lowest BCUT2D eigenvalue weighted by atomic mass is 9.91. The minimum Gasteiger partial charge on any atom is -0.444 e. The molecule has 0 N–H and O–H groups in total. The topological polar surface area (TPSA) is 74.4 Å². The summed E-state index contributed by atoms with van der Waals surface area (Å²) in [4.78, 5) is 14.7. The highest BCUT2D eigenvalue weighted by molar-refractivity contribution is 5.69. The van der Waals surface area contributed by atoms with E-state index in [1.807, 2.05) is 53.5 Å². The van der Waals surface area contributed by atoms with Gasteiger partial charge in [0.15, 0.2) is 12.0 Å². The van der Waals surface area contributed by atoms with Crippen LogP contribution in [0.2, 0.25) is 0 Å². The van der Waals surface area contributed by atoms with E-state index in [1.54, 1.807) is 6.20 Å². The minimum absolute atomic E-state index is 0.0351. The lowest BCUT2D eigenvalue weighted by Gasteiger charge is -2.39. The van der Waals surface area contributed by atoms with E-state index in [4.69, 9.17) is 9.47 Å². The van der Waals surface area contributed by atoms with Crippen LogP contribution in [-0.4, -0.2) is 49.3 Å². The number of ether oxygens (including phenoxy) is 2. The Hall–Kier alpha value is -2.35. The molecule has 2 saturated heterocycles. The maximum Gasteiger partial charge on any atom is 0.410 e. The Balaban J connectivity index is 1.57. The summed E-state index contributed by atoms with van der Waals surface area (Å²) in [5.74, 6) is 1.33. The van der Waals surface area contributed by atoms with Crippen LogP contribution in [0.3, 0.4) is 0 Å². The summed E-state index contributed by atoms with van der Waals surface area (Å²) in [7, 11) is 0. The van der Waals surface area contributed by atoms with Crippen LogP contribution in [0.15, 0.2) is 24.7 Å². The predicted molar refractivity (Wildman–Crippen MR) is 112 cm³/mol. The molecule has 2 aromatic rings. The van der Waals surface area contributed by atoms with Crippen molar-refractivity contribution >= 4 is 6.09 Å². The van der Waals surface area contributed by atoms with Gasteiger partial charge in [-0.2, -0.15) is 10.2 Å². The summed E-state index contributed by atoms with van der Waals surface area (Å²) >= 11 is 0. The normalized spacial score (nSPS) is 25.3. The van der Waals surface area contributed by atoms with Crippen molar-refractivity contribution in [2.24, 2.45) is 5.92 Å². The zero-order valence-electron chi connectivity index (χ0n) is 18.5. The Morgan fingerprint density at radius 1 is 1.20 bits per heavy atom. The van der Waals surface area contributed by atoms with Gasteiger partial charge in [0.2, 0.25) is 0 Å². The number of rotatable bonds is 3. The number of carbonyl (C=O) groups is 1. The van der Waals surface area contributed by atoms with E-state index < -0.39 is 5.60 Å². The van der Waals surface area contributed by atoms with E-state index >= 15 is 0 Å². The highest BCUT2D eigenvalue weighted by Gasteiger charge is 2.34. The maximum atomic E-state index is 12.9. The number of piperidine rings is 1. The van der Waals surface area contributed by atoms with Gasteiger partial charge in [-0.15, -0.1) is 0 Å². The highest BCUT2D eigenvalue weighted by Crippen LogP contribution is 2.35. The molecule has 8 nitrogen and oxygen atoms in total. The molecule has 2 aromatic heterocycles. The molecule has 0 saturated carbocycles. The predicted octanol–water partition coefficient (Wildman–Crippen LogP) is 4.48. The van der Waals surface area contributed by atoms with Crippen molar-refractivity contribution < 1.29 is 14.3 Å². The molecule has 1 unspecified atom stereocenters. The van der Waals surface area contributed by atoms with Crippen LogP contribution in [-0.2, 0) is 9.47 Å². The monoisotopic (exact) mass is 415 g/mol. The third-order valence-corrected chi connectivity index (χ3v) is 5.75. The Labute approximate surface area is 178 Å². The zero-order chi connectivity index (χ0) is 21.3. The second-order valence-corrected chi connectivity index (χ2v) is 9.50. The van der Waals surface area contributed by atoms with Crippen LogP contribution < -0.4 is 0 Å². The van der Waals surface area contributed by atoms with Crippen molar-refractivity contribution in [3.63, 3.8) is 0 Å². The fourth-order valence-electron chi connectivity index (χ4n) is 4.28. The minimum atomic E-state index is -0.515. The Bertz CT molecular complexity index is 862. The van der Waals surface area contributed by atoms with E-state index in [0.717, 1.165) is 50.1 Å². The molecule has 2 aliphatic rings. The summed E-state index contributed by atoms with van der Waals surface area (Å²) < 4.78 is 15.3. The molecule has 3 atom stereocenters. The van der Waals surface area contributed by atoms with Crippen molar-refractivity contribution in [2.75, 3.05) is 13.2 Å². The summed E-state index contributed by atoms with van der Waals surface area (Å²) in [5, 5.41) is 9.08. The van der Waals surface area contributed by atoms with Gasteiger partial charge >= 0.3 is 6.09 Å². The Morgan fingerprint density at radius 2 is 2.03 bits per heavy atom. The number of nitrogens with zero attached hydrogens (tertiary/aromatic N) is 5. The summed E-state index contributed by atoms with van der Waals surface area (Å²) in [5.41, 5.74) is 0.504. The highest BCUT2D eigenvalue weighted by atomic mass is 16.6. The molecule has 8 heteroatoms. The van der Waals surface area contributed by atoms with E-state index in [0.29, 0.717) is 12.5 Å². The van der Waals surface area contributed by atoms with Crippen molar-refractivity contribution in [2.45, 2.75) is 77.7 Å². The summed E-state index contributed by atoms with van der Waals surface area (Å²) in [6.07, 6.45) is 10.5.